The number of aromatic hydroxyl groups is 1. The summed E-state index contributed by atoms with van der Waals surface area (Å²) in [4.78, 5) is 0. The van der Waals surface area contributed by atoms with Crippen LogP contribution in [0, 0.1) is 0 Å². The lowest BCUT2D eigenvalue weighted by Crippen LogP contribution is -2.20. The van der Waals surface area contributed by atoms with E-state index >= 15 is 0 Å². The predicted molar refractivity (Wildman–Crippen MR) is 66.2 cm³/mol. The van der Waals surface area contributed by atoms with Gasteiger partial charge in [-0.1, -0.05) is 11.6 Å². The molecule has 1 fully saturated rings. The zero-order chi connectivity index (χ0) is 12.6. The molecule has 0 amide bonds. The SMILES string of the molecule is COc1cc(O)c(C2(CN)CC2)c(Cl)c1OC. The average Bonchev–Trinajstić information content (AvgIpc) is 3.09. The molecule has 5 heteroatoms. The highest BCUT2D eigenvalue weighted by atomic mass is 35.5. The Morgan fingerprint density at radius 2 is 2.06 bits per heavy atom. The van der Waals surface area contributed by atoms with Gasteiger partial charge in [0.1, 0.15) is 5.75 Å². The van der Waals surface area contributed by atoms with Crippen molar-refractivity contribution in [2.45, 2.75) is 18.3 Å². The lowest BCUT2D eigenvalue weighted by Gasteiger charge is -2.20. The van der Waals surface area contributed by atoms with Crippen molar-refractivity contribution < 1.29 is 14.6 Å². The summed E-state index contributed by atoms with van der Waals surface area (Å²) in [6, 6.07) is 1.52. The Morgan fingerprint density at radius 1 is 1.41 bits per heavy atom. The molecule has 0 unspecified atom stereocenters. The molecular weight excluding hydrogens is 242 g/mol. The first-order chi connectivity index (χ1) is 8.09. The van der Waals surface area contributed by atoms with Gasteiger partial charge in [-0.05, 0) is 12.8 Å². The van der Waals surface area contributed by atoms with Crippen molar-refractivity contribution in [2.75, 3.05) is 20.8 Å². The van der Waals surface area contributed by atoms with Crippen molar-refractivity contribution in [3.05, 3.63) is 16.7 Å². The molecule has 1 aromatic carbocycles. The Hall–Kier alpha value is -1.13. The van der Waals surface area contributed by atoms with Crippen LogP contribution in [0.15, 0.2) is 6.07 Å². The van der Waals surface area contributed by atoms with Crippen LogP contribution in [0.3, 0.4) is 0 Å². The second kappa shape index (κ2) is 4.27. The summed E-state index contributed by atoms with van der Waals surface area (Å²) < 4.78 is 10.3. The average molecular weight is 258 g/mol. The van der Waals surface area contributed by atoms with Gasteiger partial charge >= 0.3 is 0 Å². The number of halogens is 1. The highest BCUT2D eigenvalue weighted by molar-refractivity contribution is 6.33. The summed E-state index contributed by atoms with van der Waals surface area (Å²) in [5.41, 5.74) is 6.25. The monoisotopic (exact) mass is 257 g/mol. The second-order valence-corrected chi connectivity index (χ2v) is 4.68. The number of hydrogen-bond donors (Lipinski definition) is 2. The number of phenolic OH excluding ortho intramolecular Hbond substituents is 1. The third-order valence-corrected chi connectivity index (χ3v) is 3.73. The van der Waals surface area contributed by atoms with Crippen LogP contribution in [-0.4, -0.2) is 25.9 Å². The normalized spacial score (nSPS) is 16.7. The van der Waals surface area contributed by atoms with Crippen LogP contribution in [0.2, 0.25) is 5.02 Å². The molecule has 94 valence electrons. The van der Waals surface area contributed by atoms with Crippen LogP contribution in [-0.2, 0) is 5.41 Å². The summed E-state index contributed by atoms with van der Waals surface area (Å²) in [6.45, 7) is 0.468. The fraction of sp³-hybridized carbons (Fsp3) is 0.500. The van der Waals surface area contributed by atoms with Crippen molar-refractivity contribution >= 4 is 11.6 Å². The molecule has 1 saturated carbocycles. The summed E-state index contributed by atoms with van der Waals surface area (Å²) in [5, 5.41) is 10.5. The number of rotatable bonds is 4. The zero-order valence-electron chi connectivity index (χ0n) is 9.92. The first kappa shape index (κ1) is 12.3. The molecule has 0 spiro atoms. The molecule has 0 heterocycles. The molecule has 1 aliphatic rings. The fourth-order valence-corrected chi connectivity index (χ4v) is 2.62. The van der Waals surface area contributed by atoms with Gasteiger partial charge in [0, 0.05) is 23.6 Å². The molecule has 0 atom stereocenters. The molecule has 0 bridgehead atoms. The standard InChI is InChI=1S/C12H16ClNO3/c1-16-8-5-7(15)9(10(13)11(8)17-2)12(6-14)3-4-12/h5,15H,3-4,6,14H2,1-2H3. The third kappa shape index (κ3) is 1.81. The van der Waals surface area contributed by atoms with Crippen molar-refractivity contribution in [1.82, 2.24) is 0 Å². The molecule has 0 saturated heterocycles. The summed E-state index contributed by atoms with van der Waals surface area (Å²) in [7, 11) is 3.02. The molecule has 1 aromatic rings. The Morgan fingerprint density at radius 3 is 2.47 bits per heavy atom. The molecule has 0 aliphatic heterocycles. The molecule has 0 aromatic heterocycles. The van der Waals surface area contributed by atoms with E-state index in [4.69, 9.17) is 26.8 Å². The molecule has 17 heavy (non-hydrogen) atoms. The number of methoxy groups -OCH3 is 2. The van der Waals surface area contributed by atoms with E-state index in [1.807, 2.05) is 0 Å². The van der Waals surface area contributed by atoms with Gasteiger partial charge in [-0.2, -0.15) is 0 Å². The fourth-order valence-electron chi connectivity index (χ4n) is 2.15. The van der Waals surface area contributed by atoms with Crippen LogP contribution in [0.4, 0.5) is 0 Å². The van der Waals surface area contributed by atoms with E-state index < -0.39 is 0 Å². The van der Waals surface area contributed by atoms with E-state index in [9.17, 15) is 5.11 Å². The minimum atomic E-state index is -0.194. The van der Waals surface area contributed by atoms with Crippen molar-refractivity contribution in [3.8, 4) is 17.2 Å². The smallest absolute Gasteiger partial charge is 0.179 e. The molecule has 3 N–H and O–H groups in total. The maximum Gasteiger partial charge on any atom is 0.179 e. The second-order valence-electron chi connectivity index (χ2n) is 4.30. The van der Waals surface area contributed by atoms with Gasteiger partial charge in [0.25, 0.3) is 0 Å². The number of nitrogens with two attached hydrogens (primary N) is 1. The Labute approximate surface area is 105 Å². The first-order valence-corrected chi connectivity index (χ1v) is 5.81. The van der Waals surface area contributed by atoms with Crippen molar-refractivity contribution in [2.24, 2.45) is 5.73 Å². The molecule has 1 aliphatic carbocycles. The number of phenols is 1. The highest BCUT2D eigenvalue weighted by Crippen LogP contribution is 2.56. The largest absolute Gasteiger partial charge is 0.507 e. The maximum atomic E-state index is 10.1. The Balaban J connectivity index is 2.61. The molecule has 2 rings (SSSR count). The topological polar surface area (TPSA) is 64.7 Å². The number of hydrogen-bond acceptors (Lipinski definition) is 4. The lowest BCUT2D eigenvalue weighted by atomic mass is 9.94. The van der Waals surface area contributed by atoms with Gasteiger partial charge in [-0.15, -0.1) is 0 Å². The van der Waals surface area contributed by atoms with Gasteiger partial charge in [-0.3, -0.25) is 0 Å². The van der Waals surface area contributed by atoms with Crippen LogP contribution in [0.5, 0.6) is 17.2 Å². The van der Waals surface area contributed by atoms with Gasteiger partial charge in [-0.25, -0.2) is 0 Å². The van der Waals surface area contributed by atoms with Crippen LogP contribution in [0.25, 0.3) is 0 Å². The minimum absolute atomic E-state index is 0.121. The number of benzene rings is 1. The summed E-state index contributed by atoms with van der Waals surface area (Å²) >= 11 is 6.28. The zero-order valence-corrected chi connectivity index (χ0v) is 10.7. The van der Waals surface area contributed by atoms with Crippen LogP contribution in [0.1, 0.15) is 18.4 Å². The predicted octanol–water partition coefficient (Wildman–Crippen LogP) is 2.05. The quantitative estimate of drug-likeness (QED) is 0.867. The Bertz CT molecular complexity index is 444. The highest BCUT2D eigenvalue weighted by Gasteiger charge is 2.47. The molecule has 0 radical (unpaired) electrons. The van der Waals surface area contributed by atoms with Gasteiger partial charge in [0.15, 0.2) is 11.5 Å². The van der Waals surface area contributed by atoms with Crippen LogP contribution < -0.4 is 15.2 Å². The molecular formula is C12H16ClNO3. The Kier molecular flexibility index (Phi) is 3.10. The van der Waals surface area contributed by atoms with Crippen LogP contribution >= 0.6 is 11.6 Å². The van der Waals surface area contributed by atoms with E-state index in [0.29, 0.717) is 28.6 Å². The van der Waals surface area contributed by atoms with Crippen molar-refractivity contribution in [1.29, 1.82) is 0 Å². The minimum Gasteiger partial charge on any atom is -0.507 e. The molecule has 4 nitrogen and oxygen atoms in total. The van der Waals surface area contributed by atoms with Gasteiger partial charge in [0.2, 0.25) is 0 Å². The van der Waals surface area contributed by atoms with E-state index in [0.717, 1.165) is 12.8 Å². The first-order valence-electron chi connectivity index (χ1n) is 5.43. The summed E-state index contributed by atoms with van der Waals surface area (Å²) in [5.74, 6) is 0.990. The van der Waals surface area contributed by atoms with E-state index in [1.54, 1.807) is 0 Å². The maximum absolute atomic E-state index is 10.1. The number of ether oxygens (including phenoxy) is 2. The van der Waals surface area contributed by atoms with Gasteiger partial charge < -0.3 is 20.3 Å². The lowest BCUT2D eigenvalue weighted by molar-refractivity contribution is 0.349. The van der Waals surface area contributed by atoms with Crippen molar-refractivity contribution in [3.63, 3.8) is 0 Å². The third-order valence-electron chi connectivity index (χ3n) is 3.37. The van der Waals surface area contributed by atoms with E-state index in [-0.39, 0.29) is 11.2 Å². The van der Waals surface area contributed by atoms with E-state index in [2.05, 4.69) is 0 Å². The van der Waals surface area contributed by atoms with Gasteiger partial charge in [0.05, 0.1) is 19.2 Å². The summed E-state index contributed by atoms with van der Waals surface area (Å²) in [6.07, 6.45) is 1.87. The van der Waals surface area contributed by atoms with E-state index in [1.165, 1.54) is 20.3 Å².